The number of alkyl halides is 3. The first-order chi connectivity index (χ1) is 12.7. The number of hydrogen-bond acceptors (Lipinski definition) is 4. The number of nitrogens with one attached hydrogen (secondary N) is 1. The van der Waals surface area contributed by atoms with Crippen LogP contribution in [-0.4, -0.2) is 49.7 Å². The van der Waals surface area contributed by atoms with Gasteiger partial charge in [-0.05, 0) is 30.0 Å². The van der Waals surface area contributed by atoms with Crippen LogP contribution in [0.1, 0.15) is 37.4 Å². The Morgan fingerprint density at radius 3 is 2.21 bits per heavy atom. The van der Waals surface area contributed by atoms with E-state index in [1.807, 2.05) is 13.8 Å². The fourth-order valence-corrected chi connectivity index (χ4v) is 3.18. The predicted octanol–water partition coefficient (Wildman–Crippen LogP) is 3.41. The van der Waals surface area contributed by atoms with Gasteiger partial charge < -0.3 is 15.8 Å². The van der Waals surface area contributed by atoms with Crippen molar-refractivity contribution in [2.75, 3.05) is 32.8 Å². The topological polar surface area (TPSA) is 67.6 Å². The standard InChI is InChI=1S/C19H28F3N3O2.2ClH/c1-13(2)11-16(23)18(26)24-12-17(25-7-9-27-10-8-25)14-3-5-15(6-4-14)19(20,21)22;;/h3-6,13,16-17H,7-12,23H2,1-2H3,(H,24,26);2*1H/t16-,17?;;/m0../s1. The summed E-state index contributed by atoms with van der Waals surface area (Å²) in [6.45, 7) is 6.68. The van der Waals surface area contributed by atoms with Gasteiger partial charge in [-0.15, -0.1) is 24.8 Å². The molecule has 0 saturated carbocycles. The van der Waals surface area contributed by atoms with E-state index in [9.17, 15) is 18.0 Å². The lowest BCUT2D eigenvalue weighted by molar-refractivity contribution is -0.137. The number of morpholine rings is 1. The molecule has 0 bridgehead atoms. The average molecular weight is 460 g/mol. The average Bonchev–Trinajstić information content (AvgIpc) is 2.61. The highest BCUT2D eigenvalue weighted by Crippen LogP contribution is 2.31. The minimum atomic E-state index is -4.37. The van der Waals surface area contributed by atoms with Crippen molar-refractivity contribution in [1.82, 2.24) is 10.2 Å². The van der Waals surface area contributed by atoms with Gasteiger partial charge >= 0.3 is 6.18 Å². The number of carbonyl (C=O) groups excluding carboxylic acids is 1. The maximum Gasteiger partial charge on any atom is 0.416 e. The number of hydrogen-bond donors (Lipinski definition) is 2. The third kappa shape index (κ3) is 8.68. The molecule has 5 nitrogen and oxygen atoms in total. The monoisotopic (exact) mass is 459 g/mol. The zero-order valence-electron chi connectivity index (χ0n) is 16.6. The van der Waals surface area contributed by atoms with E-state index in [1.54, 1.807) is 0 Å². The first kappa shape index (κ1) is 27.9. The fourth-order valence-electron chi connectivity index (χ4n) is 3.18. The molecule has 0 spiro atoms. The summed E-state index contributed by atoms with van der Waals surface area (Å²) in [5.74, 6) is 0.0598. The van der Waals surface area contributed by atoms with E-state index in [0.717, 1.165) is 17.7 Å². The van der Waals surface area contributed by atoms with E-state index in [0.29, 0.717) is 38.6 Å². The third-order valence-electron chi connectivity index (χ3n) is 4.64. The van der Waals surface area contributed by atoms with Crippen LogP contribution in [0.15, 0.2) is 24.3 Å². The van der Waals surface area contributed by atoms with Gasteiger partial charge in [0.25, 0.3) is 0 Å². The molecule has 3 N–H and O–H groups in total. The molecule has 1 fully saturated rings. The van der Waals surface area contributed by atoms with Gasteiger partial charge in [0.05, 0.1) is 30.9 Å². The third-order valence-corrected chi connectivity index (χ3v) is 4.64. The van der Waals surface area contributed by atoms with Crippen molar-refractivity contribution in [2.45, 2.75) is 38.5 Å². The van der Waals surface area contributed by atoms with Crippen molar-refractivity contribution in [3.63, 3.8) is 0 Å². The molecule has 1 saturated heterocycles. The lowest BCUT2D eigenvalue weighted by Crippen LogP contribution is -2.47. The van der Waals surface area contributed by atoms with Crippen LogP contribution < -0.4 is 11.1 Å². The van der Waals surface area contributed by atoms with Crippen molar-refractivity contribution >= 4 is 30.7 Å². The molecule has 1 heterocycles. The Bertz CT molecular complexity index is 610. The predicted molar refractivity (Wildman–Crippen MR) is 112 cm³/mol. The molecule has 1 aliphatic heterocycles. The number of rotatable bonds is 7. The van der Waals surface area contributed by atoms with Crippen LogP contribution in [-0.2, 0) is 15.7 Å². The summed E-state index contributed by atoms with van der Waals surface area (Å²) >= 11 is 0. The molecule has 168 valence electrons. The number of ether oxygens (including phenoxy) is 1. The summed E-state index contributed by atoms with van der Waals surface area (Å²) in [6.07, 6.45) is -3.79. The highest BCUT2D eigenvalue weighted by Gasteiger charge is 2.31. The summed E-state index contributed by atoms with van der Waals surface area (Å²) in [7, 11) is 0. The second-order valence-electron chi connectivity index (χ2n) is 7.27. The molecule has 2 rings (SSSR count). The summed E-state index contributed by atoms with van der Waals surface area (Å²) in [4.78, 5) is 14.4. The number of carbonyl (C=O) groups is 1. The zero-order valence-corrected chi connectivity index (χ0v) is 18.2. The largest absolute Gasteiger partial charge is 0.416 e. The van der Waals surface area contributed by atoms with Crippen LogP contribution in [0.25, 0.3) is 0 Å². The summed E-state index contributed by atoms with van der Waals surface area (Å²) in [5.41, 5.74) is 5.96. The summed E-state index contributed by atoms with van der Waals surface area (Å²) < 4.78 is 43.8. The Balaban J connectivity index is 0.00000392. The molecule has 1 aromatic carbocycles. The smallest absolute Gasteiger partial charge is 0.379 e. The molecular formula is C19H30Cl2F3N3O2. The van der Waals surface area contributed by atoms with Gasteiger partial charge in [0, 0.05) is 19.6 Å². The Labute approximate surface area is 182 Å². The van der Waals surface area contributed by atoms with Crippen LogP contribution in [0.5, 0.6) is 0 Å². The Kier molecular flexibility index (Phi) is 12.1. The number of nitrogens with zero attached hydrogens (tertiary/aromatic N) is 1. The van der Waals surface area contributed by atoms with E-state index in [4.69, 9.17) is 10.5 Å². The van der Waals surface area contributed by atoms with Crippen molar-refractivity contribution < 1.29 is 22.7 Å². The minimum Gasteiger partial charge on any atom is -0.379 e. The normalized spacial score (nSPS) is 17.1. The summed E-state index contributed by atoms with van der Waals surface area (Å²) in [6, 6.07) is 4.28. The zero-order chi connectivity index (χ0) is 20.0. The SMILES string of the molecule is CC(C)C[C@H](N)C(=O)NCC(c1ccc(C(F)(F)F)cc1)N1CCOCC1.Cl.Cl. The highest BCUT2D eigenvalue weighted by atomic mass is 35.5. The molecule has 1 unspecified atom stereocenters. The first-order valence-electron chi connectivity index (χ1n) is 9.20. The number of nitrogens with two attached hydrogens (primary N) is 1. The van der Waals surface area contributed by atoms with E-state index in [-0.39, 0.29) is 43.3 Å². The molecule has 0 aliphatic carbocycles. The van der Waals surface area contributed by atoms with Gasteiger partial charge in [0.1, 0.15) is 0 Å². The van der Waals surface area contributed by atoms with Gasteiger partial charge in [-0.3, -0.25) is 9.69 Å². The summed E-state index contributed by atoms with van der Waals surface area (Å²) in [5, 5.41) is 2.86. The highest BCUT2D eigenvalue weighted by molar-refractivity contribution is 5.85. The van der Waals surface area contributed by atoms with Gasteiger partial charge in [0.2, 0.25) is 5.91 Å². The minimum absolute atomic E-state index is 0. The number of halogens is 5. The van der Waals surface area contributed by atoms with Gasteiger partial charge in [-0.1, -0.05) is 26.0 Å². The van der Waals surface area contributed by atoms with Crippen LogP contribution in [0.2, 0.25) is 0 Å². The number of benzene rings is 1. The quantitative estimate of drug-likeness (QED) is 0.655. The number of amides is 1. The first-order valence-corrected chi connectivity index (χ1v) is 9.20. The van der Waals surface area contributed by atoms with E-state index in [1.165, 1.54) is 12.1 Å². The van der Waals surface area contributed by atoms with Crippen molar-refractivity contribution in [2.24, 2.45) is 11.7 Å². The Morgan fingerprint density at radius 2 is 1.72 bits per heavy atom. The molecule has 0 aromatic heterocycles. The van der Waals surface area contributed by atoms with Crippen molar-refractivity contribution in [3.8, 4) is 0 Å². The van der Waals surface area contributed by atoms with E-state index >= 15 is 0 Å². The molecule has 29 heavy (non-hydrogen) atoms. The van der Waals surface area contributed by atoms with E-state index in [2.05, 4.69) is 10.2 Å². The molecule has 0 radical (unpaired) electrons. The van der Waals surface area contributed by atoms with Gasteiger partial charge in [-0.25, -0.2) is 0 Å². The Hall–Kier alpha value is -1.06. The lowest BCUT2D eigenvalue weighted by atomic mass is 10.0. The fraction of sp³-hybridized carbons (Fsp3) is 0.632. The van der Waals surface area contributed by atoms with E-state index < -0.39 is 17.8 Å². The maximum atomic E-state index is 12.8. The molecule has 1 aliphatic rings. The second-order valence-corrected chi connectivity index (χ2v) is 7.27. The van der Waals surface area contributed by atoms with Crippen LogP contribution >= 0.6 is 24.8 Å². The molecule has 1 amide bonds. The van der Waals surface area contributed by atoms with Gasteiger partial charge in [0.15, 0.2) is 0 Å². The van der Waals surface area contributed by atoms with Crippen LogP contribution in [0.3, 0.4) is 0 Å². The Morgan fingerprint density at radius 1 is 1.17 bits per heavy atom. The van der Waals surface area contributed by atoms with Crippen molar-refractivity contribution in [3.05, 3.63) is 35.4 Å². The van der Waals surface area contributed by atoms with Crippen molar-refractivity contribution in [1.29, 1.82) is 0 Å². The molecular weight excluding hydrogens is 430 g/mol. The molecule has 2 atom stereocenters. The molecule has 10 heteroatoms. The maximum absolute atomic E-state index is 12.8. The lowest BCUT2D eigenvalue weighted by Gasteiger charge is -2.35. The van der Waals surface area contributed by atoms with Gasteiger partial charge in [-0.2, -0.15) is 13.2 Å². The van der Waals surface area contributed by atoms with Crippen LogP contribution in [0.4, 0.5) is 13.2 Å². The molecule has 1 aromatic rings. The second kappa shape index (κ2) is 12.6. The van der Waals surface area contributed by atoms with Crippen LogP contribution in [0, 0.1) is 5.92 Å².